The average molecular weight is 450 g/mol. The fourth-order valence-electron chi connectivity index (χ4n) is 3.77. The summed E-state index contributed by atoms with van der Waals surface area (Å²) in [6, 6.07) is 5.72. The molecule has 11 heteroatoms. The van der Waals surface area contributed by atoms with Crippen molar-refractivity contribution in [1.29, 1.82) is 0 Å². The number of aliphatic hydroxyl groups is 3. The van der Waals surface area contributed by atoms with Gasteiger partial charge < -0.3 is 50.0 Å². The van der Waals surface area contributed by atoms with Gasteiger partial charge in [0.15, 0.2) is 30.0 Å². The summed E-state index contributed by atoms with van der Waals surface area (Å²) in [7, 11) is 0. The fraction of sp³-hybridized carbons (Fsp3) is 0.381. The minimum Gasteiger partial charge on any atom is -0.508 e. The van der Waals surface area contributed by atoms with Crippen LogP contribution in [-0.2, 0) is 9.47 Å². The van der Waals surface area contributed by atoms with Crippen LogP contribution in [0.3, 0.4) is 0 Å². The van der Waals surface area contributed by atoms with Crippen LogP contribution in [0.4, 0.5) is 0 Å². The van der Waals surface area contributed by atoms with E-state index in [1.807, 2.05) is 0 Å². The molecule has 0 aromatic heterocycles. The molecule has 32 heavy (non-hydrogen) atoms. The first-order valence-corrected chi connectivity index (χ1v) is 9.72. The summed E-state index contributed by atoms with van der Waals surface area (Å²) in [5.74, 6) is -2.79. The predicted molar refractivity (Wildman–Crippen MR) is 104 cm³/mol. The molecule has 0 aliphatic carbocycles. The Hall–Kier alpha value is -3.09. The van der Waals surface area contributed by atoms with Crippen LogP contribution < -0.4 is 4.74 Å². The minimum absolute atomic E-state index is 0.154. The van der Waals surface area contributed by atoms with Crippen LogP contribution in [0.1, 0.15) is 28.9 Å². The third kappa shape index (κ3) is 3.70. The minimum atomic E-state index is -1.71. The highest BCUT2D eigenvalue weighted by atomic mass is 16.7. The van der Waals surface area contributed by atoms with Crippen LogP contribution in [0.2, 0.25) is 0 Å². The molecule has 2 aromatic carbocycles. The van der Waals surface area contributed by atoms with Crippen LogP contribution in [-0.4, -0.2) is 78.3 Å². The molecule has 7 N–H and O–H groups in total. The van der Waals surface area contributed by atoms with Gasteiger partial charge in [-0.05, 0) is 24.6 Å². The number of aliphatic hydroxyl groups excluding tert-OH is 3. The van der Waals surface area contributed by atoms with Gasteiger partial charge in [0, 0.05) is 12.1 Å². The number of rotatable bonds is 3. The first kappa shape index (κ1) is 22.1. The molecule has 7 atom stereocenters. The van der Waals surface area contributed by atoms with E-state index in [-0.39, 0.29) is 22.6 Å². The fourth-order valence-corrected chi connectivity index (χ4v) is 3.77. The lowest BCUT2D eigenvalue weighted by atomic mass is 9.92. The molecule has 2 heterocycles. The Bertz CT molecular complexity index is 1040. The van der Waals surface area contributed by atoms with Crippen molar-refractivity contribution in [3.63, 3.8) is 0 Å². The molecule has 0 bridgehead atoms. The topological polar surface area (TPSA) is 186 Å². The van der Waals surface area contributed by atoms with Crippen molar-refractivity contribution >= 4 is 5.78 Å². The van der Waals surface area contributed by atoms with Crippen molar-refractivity contribution in [2.75, 3.05) is 0 Å². The number of carbonyl (C=O) groups excluding carboxylic acids is 1. The molecule has 172 valence electrons. The van der Waals surface area contributed by atoms with Crippen LogP contribution >= 0.6 is 0 Å². The van der Waals surface area contributed by atoms with Gasteiger partial charge in [-0.1, -0.05) is 6.07 Å². The zero-order valence-corrected chi connectivity index (χ0v) is 16.7. The van der Waals surface area contributed by atoms with Crippen LogP contribution in [0.15, 0.2) is 30.3 Å². The second-order valence-electron chi connectivity index (χ2n) is 7.73. The van der Waals surface area contributed by atoms with Gasteiger partial charge in [0.2, 0.25) is 5.78 Å². The molecule has 0 saturated carbocycles. The lowest BCUT2D eigenvalue weighted by Crippen LogP contribution is -2.59. The number of hydrogen-bond donors (Lipinski definition) is 7. The van der Waals surface area contributed by atoms with Crippen molar-refractivity contribution < 1.29 is 54.8 Å². The number of ether oxygens (including phenoxy) is 3. The van der Waals surface area contributed by atoms with Crippen LogP contribution in [0.25, 0.3) is 0 Å². The summed E-state index contributed by atoms with van der Waals surface area (Å²) >= 11 is 0. The number of carbonyl (C=O) groups is 1. The number of Topliss-reactive ketones (excluding diaryl/α,β-unsaturated/α-hetero) is 1. The molecule has 0 spiro atoms. The van der Waals surface area contributed by atoms with Crippen molar-refractivity contribution in [2.24, 2.45) is 0 Å². The number of phenols is 4. The Morgan fingerprint density at radius 1 is 0.875 bits per heavy atom. The molecule has 4 rings (SSSR count). The molecule has 0 radical (unpaired) electrons. The first-order valence-electron chi connectivity index (χ1n) is 9.72. The summed E-state index contributed by atoms with van der Waals surface area (Å²) in [5, 5.41) is 69.7. The van der Waals surface area contributed by atoms with Gasteiger partial charge in [0.25, 0.3) is 0 Å². The normalized spacial score (nSPS) is 32.2. The van der Waals surface area contributed by atoms with Gasteiger partial charge in [0.1, 0.15) is 41.1 Å². The zero-order chi connectivity index (χ0) is 23.3. The van der Waals surface area contributed by atoms with Gasteiger partial charge in [-0.3, -0.25) is 4.79 Å². The van der Waals surface area contributed by atoms with Crippen molar-refractivity contribution in [3.05, 3.63) is 41.5 Å². The molecule has 1 saturated heterocycles. The third-order valence-corrected chi connectivity index (χ3v) is 5.52. The lowest BCUT2D eigenvalue weighted by Gasteiger charge is -2.42. The zero-order valence-electron chi connectivity index (χ0n) is 16.7. The number of phenolic OH excluding ortho intramolecular Hbond substituents is 4. The summed E-state index contributed by atoms with van der Waals surface area (Å²) in [5.41, 5.74) is -0.1000. The van der Waals surface area contributed by atoms with Gasteiger partial charge in [0.05, 0.1) is 6.10 Å². The number of aromatic hydroxyl groups is 4. The number of hydrogen-bond acceptors (Lipinski definition) is 11. The van der Waals surface area contributed by atoms with Crippen molar-refractivity contribution in [3.8, 4) is 28.7 Å². The highest BCUT2D eigenvalue weighted by Gasteiger charge is 2.48. The first-order chi connectivity index (χ1) is 15.1. The standard InChI is InChI=1S/C21H22O11/c1-7-15(26)17(28)18(29)21(30-7)32-20-16(27)14-12(25)5-9(22)6-13(14)31-19(20)8-2-3-10(23)11(24)4-8/h2-7,15,17-26,28-29H,1H3/t7-,15-,17+,18+,19+,20-,21+/m0/s1. The monoisotopic (exact) mass is 450 g/mol. The highest BCUT2D eigenvalue weighted by Crippen LogP contribution is 2.44. The van der Waals surface area contributed by atoms with E-state index in [9.17, 15) is 40.5 Å². The van der Waals surface area contributed by atoms with Gasteiger partial charge in [-0.2, -0.15) is 0 Å². The average Bonchev–Trinajstić information content (AvgIpc) is 2.73. The van der Waals surface area contributed by atoms with Gasteiger partial charge in [-0.25, -0.2) is 0 Å². The summed E-state index contributed by atoms with van der Waals surface area (Å²) in [6.07, 6.45) is -10.0. The maximum Gasteiger partial charge on any atom is 0.203 e. The molecule has 0 unspecified atom stereocenters. The molecule has 2 aromatic rings. The van der Waals surface area contributed by atoms with E-state index < -0.39 is 65.9 Å². The van der Waals surface area contributed by atoms with E-state index in [1.54, 1.807) is 0 Å². The summed E-state index contributed by atoms with van der Waals surface area (Å²) in [4.78, 5) is 13.3. The van der Waals surface area contributed by atoms with Gasteiger partial charge >= 0.3 is 0 Å². The SMILES string of the molecule is C[C@@H]1O[C@H](O[C@H]2C(=O)c3c(O)cc(O)cc3O[C@@H]2c2ccc(O)c(O)c2)[C@H](O)[C@H](O)[C@H]1O. The predicted octanol–water partition coefficient (Wildman–Crippen LogP) is 0.0381. The molecule has 11 nitrogen and oxygen atoms in total. The van der Waals surface area contributed by atoms with Crippen molar-refractivity contribution in [1.82, 2.24) is 0 Å². The molecular weight excluding hydrogens is 428 g/mol. The second-order valence-corrected chi connectivity index (χ2v) is 7.73. The van der Waals surface area contributed by atoms with Crippen LogP contribution in [0.5, 0.6) is 28.7 Å². The maximum absolute atomic E-state index is 13.3. The quantitative estimate of drug-likeness (QED) is 0.313. The van der Waals surface area contributed by atoms with E-state index in [4.69, 9.17) is 14.2 Å². The van der Waals surface area contributed by atoms with E-state index in [1.165, 1.54) is 19.1 Å². The van der Waals surface area contributed by atoms with E-state index in [0.717, 1.165) is 18.2 Å². The molecular formula is C21H22O11. The van der Waals surface area contributed by atoms with E-state index in [0.29, 0.717) is 0 Å². The molecule has 2 aliphatic rings. The molecule has 1 fully saturated rings. The van der Waals surface area contributed by atoms with E-state index >= 15 is 0 Å². The van der Waals surface area contributed by atoms with E-state index in [2.05, 4.69) is 0 Å². The summed E-state index contributed by atoms with van der Waals surface area (Å²) in [6.45, 7) is 1.44. The molecule has 2 aliphatic heterocycles. The Balaban J connectivity index is 1.75. The smallest absolute Gasteiger partial charge is 0.203 e. The number of benzene rings is 2. The Morgan fingerprint density at radius 3 is 2.28 bits per heavy atom. The lowest BCUT2D eigenvalue weighted by molar-refractivity contribution is -0.304. The largest absolute Gasteiger partial charge is 0.508 e. The molecule has 0 amide bonds. The second kappa shape index (κ2) is 8.11. The Labute approximate surface area is 181 Å². The van der Waals surface area contributed by atoms with Crippen molar-refractivity contribution in [2.45, 2.75) is 49.8 Å². The summed E-state index contributed by atoms with van der Waals surface area (Å²) < 4.78 is 16.9. The maximum atomic E-state index is 13.3. The number of ketones is 1. The Morgan fingerprint density at radius 2 is 1.59 bits per heavy atom. The van der Waals surface area contributed by atoms with Crippen LogP contribution in [0, 0.1) is 0 Å². The Kier molecular flexibility index (Phi) is 5.61. The number of fused-ring (bicyclic) bond motifs is 1. The highest BCUT2D eigenvalue weighted by molar-refractivity contribution is 6.05. The third-order valence-electron chi connectivity index (χ3n) is 5.52. The van der Waals surface area contributed by atoms with Gasteiger partial charge in [-0.15, -0.1) is 0 Å².